The zero-order valence-electron chi connectivity index (χ0n) is 32.5. The van der Waals surface area contributed by atoms with Crippen molar-refractivity contribution < 1.29 is 71.2 Å². The van der Waals surface area contributed by atoms with Crippen molar-refractivity contribution in [3.05, 3.63) is 0 Å². The third kappa shape index (κ3) is 44.7. The second-order valence-corrected chi connectivity index (χ2v) is 11.6. The molecule has 52 heavy (non-hydrogen) atoms. The van der Waals surface area contributed by atoms with E-state index >= 15 is 0 Å². The van der Waals surface area contributed by atoms with Gasteiger partial charge < -0.3 is 61.6 Å². The fraction of sp³-hybridized carbons (Fsp3) is 0.946. The predicted octanol–water partition coefficient (Wildman–Crippen LogP) is 3.81. The van der Waals surface area contributed by atoms with Crippen LogP contribution in [0, 0.1) is 0 Å². The molecule has 0 spiro atoms. The predicted molar refractivity (Wildman–Crippen MR) is 194 cm³/mol. The zero-order chi connectivity index (χ0) is 37.7. The first-order chi connectivity index (χ1) is 25.7. The smallest absolute Gasteiger partial charge is 0.331 e. The van der Waals surface area contributed by atoms with Gasteiger partial charge >= 0.3 is 11.9 Å². The van der Waals surface area contributed by atoms with E-state index in [0.29, 0.717) is 145 Å². The van der Waals surface area contributed by atoms with Crippen LogP contribution in [0.3, 0.4) is 0 Å². The summed E-state index contributed by atoms with van der Waals surface area (Å²) >= 11 is 0. The molecular formula is C37H72O15. The van der Waals surface area contributed by atoms with Gasteiger partial charge in [-0.25, -0.2) is 4.79 Å². The molecule has 0 amide bonds. The number of carbonyl (C=O) groups is 2. The molecular weight excluding hydrogens is 684 g/mol. The summed E-state index contributed by atoms with van der Waals surface area (Å²) in [4.78, 5) is 22.7. The molecule has 0 saturated carbocycles. The van der Waals surface area contributed by atoms with Gasteiger partial charge in [-0.2, -0.15) is 0 Å². The number of carbonyl (C=O) groups excluding carboxylic acids is 2. The summed E-state index contributed by atoms with van der Waals surface area (Å²) < 4.78 is 69.2. The summed E-state index contributed by atoms with van der Waals surface area (Å²) in [6.07, 6.45) is 11.6. The maximum Gasteiger partial charge on any atom is 0.331 e. The number of methoxy groups -OCH3 is 1. The Bertz CT molecular complexity index is 717. The van der Waals surface area contributed by atoms with Crippen LogP contribution in [-0.2, 0) is 71.2 Å². The summed E-state index contributed by atoms with van der Waals surface area (Å²) in [5.41, 5.74) is 0. The van der Waals surface area contributed by atoms with Gasteiger partial charge in [0.15, 0.2) is 0 Å². The summed E-state index contributed by atoms with van der Waals surface area (Å²) in [6.45, 7) is 12.1. The Kier molecular flexibility index (Phi) is 44.3. The van der Waals surface area contributed by atoms with E-state index in [9.17, 15) is 9.59 Å². The molecule has 0 unspecified atom stereocenters. The molecule has 0 aliphatic rings. The van der Waals surface area contributed by atoms with Crippen LogP contribution in [0.2, 0.25) is 0 Å². The largest absolute Gasteiger partial charge is 0.467 e. The van der Waals surface area contributed by atoms with Crippen molar-refractivity contribution in [1.29, 1.82) is 0 Å². The molecule has 0 aliphatic carbocycles. The summed E-state index contributed by atoms with van der Waals surface area (Å²) in [6, 6.07) is 0. The molecule has 0 aliphatic heterocycles. The monoisotopic (exact) mass is 756 g/mol. The fourth-order valence-corrected chi connectivity index (χ4v) is 4.28. The normalized spacial score (nSPS) is 11.3. The fourth-order valence-electron chi connectivity index (χ4n) is 4.28. The average Bonchev–Trinajstić information content (AvgIpc) is 3.15. The van der Waals surface area contributed by atoms with Gasteiger partial charge in [-0.15, -0.1) is 0 Å². The zero-order valence-corrected chi connectivity index (χ0v) is 32.5. The number of rotatable bonds is 45. The Hall–Kier alpha value is -1.50. The molecule has 310 valence electrons. The van der Waals surface area contributed by atoms with Crippen LogP contribution >= 0.6 is 0 Å². The molecule has 0 radical (unpaired) electrons. The van der Waals surface area contributed by atoms with Crippen LogP contribution in [0.25, 0.3) is 0 Å². The molecule has 0 atom stereocenters. The molecule has 15 nitrogen and oxygen atoms in total. The third-order valence-electron chi connectivity index (χ3n) is 7.14. The molecule has 0 aromatic rings. The highest BCUT2D eigenvalue weighted by atomic mass is 16.6. The average molecular weight is 757 g/mol. The van der Waals surface area contributed by atoms with Crippen molar-refractivity contribution in [2.75, 3.05) is 159 Å². The van der Waals surface area contributed by atoms with Crippen LogP contribution in [-0.4, -0.2) is 171 Å². The van der Waals surface area contributed by atoms with Gasteiger partial charge in [-0.1, -0.05) is 58.3 Å². The lowest BCUT2D eigenvalue weighted by Crippen LogP contribution is -2.16. The van der Waals surface area contributed by atoms with E-state index in [1.165, 1.54) is 52.1 Å². The van der Waals surface area contributed by atoms with Gasteiger partial charge in [-0.05, 0) is 6.42 Å². The molecule has 15 heteroatoms. The van der Waals surface area contributed by atoms with Crippen molar-refractivity contribution >= 4 is 11.9 Å². The SMILES string of the molecule is CCCCCCCCCCCC(=O)OCCOCCOCCOCCOCCOCCOCCOCCOCCOCCOCCOCC(=O)OC. The summed E-state index contributed by atoms with van der Waals surface area (Å²) in [5.74, 6) is -0.551. The van der Waals surface area contributed by atoms with E-state index in [1.807, 2.05) is 0 Å². The van der Waals surface area contributed by atoms with Crippen molar-refractivity contribution in [3.8, 4) is 0 Å². The van der Waals surface area contributed by atoms with E-state index in [4.69, 9.17) is 56.8 Å². The first-order valence-corrected chi connectivity index (χ1v) is 19.3. The van der Waals surface area contributed by atoms with Crippen molar-refractivity contribution in [1.82, 2.24) is 0 Å². The second-order valence-electron chi connectivity index (χ2n) is 11.6. The number of unbranched alkanes of at least 4 members (excludes halogenated alkanes) is 8. The molecule has 0 rings (SSSR count). The molecule has 0 aromatic heterocycles. The number of ether oxygens (including phenoxy) is 13. The van der Waals surface area contributed by atoms with Crippen LogP contribution in [0.5, 0.6) is 0 Å². The molecule has 0 N–H and O–H groups in total. The first-order valence-electron chi connectivity index (χ1n) is 19.3. The number of hydrogen-bond donors (Lipinski definition) is 0. The maximum absolute atomic E-state index is 11.8. The van der Waals surface area contributed by atoms with E-state index in [2.05, 4.69) is 11.7 Å². The summed E-state index contributed by atoms with van der Waals surface area (Å²) in [7, 11) is 1.31. The standard InChI is InChI=1S/C37H72O15/c1-3-4-5-6-7-8-9-10-11-12-36(38)52-34-33-50-30-29-48-26-25-46-22-21-44-18-17-42-14-13-41-15-16-43-19-20-45-23-24-47-27-28-49-31-32-51-35-37(39)40-2/h3-35H2,1-2H3. The second kappa shape index (κ2) is 45.7. The Morgan fingerprint density at radius 1 is 0.327 bits per heavy atom. The van der Waals surface area contributed by atoms with Crippen molar-refractivity contribution in [2.24, 2.45) is 0 Å². The van der Waals surface area contributed by atoms with Crippen LogP contribution in [0.1, 0.15) is 71.1 Å². The molecule has 0 heterocycles. The minimum Gasteiger partial charge on any atom is -0.467 e. The molecule has 0 aromatic carbocycles. The minimum absolute atomic E-state index is 0.0732. The number of esters is 2. The quantitative estimate of drug-likeness (QED) is 0.0653. The van der Waals surface area contributed by atoms with Gasteiger partial charge in [0.05, 0.1) is 146 Å². The Morgan fingerprint density at radius 2 is 0.596 bits per heavy atom. The maximum atomic E-state index is 11.8. The first kappa shape index (κ1) is 50.5. The van der Waals surface area contributed by atoms with Gasteiger partial charge in [0.2, 0.25) is 0 Å². The molecule has 0 bridgehead atoms. The topological polar surface area (TPSA) is 154 Å². The summed E-state index contributed by atoms with van der Waals surface area (Å²) in [5, 5.41) is 0. The van der Waals surface area contributed by atoms with Crippen LogP contribution < -0.4 is 0 Å². The van der Waals surface area contributed by atoms with Crippen molar-refractivity contribution in [3.63, 3.8) is 0 Å². The highest BCUT2D eigenvalue weighted by Gasteiger charge is 2.03. The van der Waals surface area contributed by atoms with E-state index < -0.39 is 5.97 Å². The van der Waals surface area contributed by atoms with Gasteiger partial charge in [0.25, 0.3) is 0 Å². The van der Waals surface area contributed by atoms with Gasteiger partial charge in [0.1, 0.15) is 13.2 Å². The molecule has 0 fully saturated rings. The third-order valence-corrected chi connectivity index (χ3v) is 7.14. The van der Waals surface area contributed by atoms with Crippen LogP contribution in [0.15, 0.2) is 0 Å². The Balaban J connectivity index is 3.11. The highest BCUT2D eigenvalue weighted by molar-refractivity contribution is 5.70. The van der Waals surface area contributed by atoms with Crippen molar-refractivity contribution in [2.45, 2.75) is 71.1 Å². The minimum atomic E-state index is -0.410. The van der Waals surface area contributed by atoms with Gasteiger partial charge in [0, 0.05) is 6.42 Å². The Morgan fingerprint density at radius 3 is 0.904 bits per heavy atom. The lowest BCUT2D eigenvalue weighted by molar-refractivity contribution is -0.146. The molecule has 0 saturated heterocycles. The number of hydrogen-bond acceptors (Lipinski definition) is 15. The van der Waals surface area contributed by atoms with E-state index in [-0.39, 0.29) is 19.2 Å². The lowest BCUT2D eigenvalue weighted by atomic mass is 10.1. The van der Waals surface area contributed by atoms with Gasteiger partial charge in [-0.3, -0.25) is 4.79 Å². The Labute approximate surface area is 313 Å². The lowest BCUT2D eigenvalue weighted by Gasteiger charge is -2.09. The van der Waals surface area contributed by atoms with E-state index in [0.717, 1.165) is 12.8 Å². The highest BCUT2D eigenvalue weighted by Crippen LogP contribution is 2.10. The van der Waals surface area contributed by atoms with E-state index in [1.54, 1.807) is 0 Å². The van der Waals surface area contributed by atoms with Crippen LogP contribution in [0.4, 0.5) is 0 Å².